The molecule has 2 nitrogen and oxygen atoms in total. The van der Waals surface area contributed by atoms with Crippen LogP contribution in [-0.4, -0.2) is 6.67 Å². The van der Waals surface area contributed by atoms with Gasteiger partial charge in [0.05, 0.1) is 6.67 Å². The quantitative estimate of drug-likeness (QED) is 0.850. The standard InChI is InChI=1S/C15H22N2/c1-11(2)13-6-5-7-14(12(3)4)15(13)17-9-8-16-10-17/h5-9,11-12,16H,10H2,1-4H3. The Balaban J connectivity index is 2.53. The molecule has 0 amide bonds. The van der Waals surface area contributed by atoms with Gasteiger partial charge in [0.15, 0.2) is 0 Å². The van der Waals surface area contributed by atoms with Gasteiger partial charge in [0.1, 0.15) is 0 Å². The van der Waals surface area contributed by atoms with Crippen LogP contribution in [0.3, 0.4) is 0 Å². The van der Waals surface area contributed by atoms with E-state index >= 15 is 0 Å². The number of hydrogen-bond donors (Lipinski definition) is 1. The molecule has 0 radical (unpaired) electrons. The lowest BCUT2D eigenvalue weighted by Gasteiger charge is -2.26. The monoisotopic (exact) mass is 230 g/mol. The molecule has 0 saturated carbocycles. The van der Waals surface area contributed by atoms with Gasteiger partial charge in [-0.3, -0.25) is 0 Å². The van der Waals surface area contributed by atoms with Crippen molar-refractivity contribution in [2.75, 3.05) is 11.6 Å². The van der Waals surface area contributed by atoms with Crippen LogP contribution >= 0.6 is 0 Å². The summed E-state index contributed by atoms with van der Waals surface area (Å²) in [6, 6.07) is 6.68. The van der Waals surface area contributed by atoms with Crippen LogP contribution in [-0.2, 0) is 0 Å². The fourth-order valence-corrected chi connectivity index (χ4v) is 2.34. The summed E-state index contributed by atoms with van der Waals surface area (Å²) < 4.78 is 0. The Labute approximate surface area is 104 Å². The first-order chi connectivity index (χ1) is 8.11. The van der Waals surface area contributed by atoms with Crippen molar-refractivity contribution in [3.63, 3.8) is 0 Å². The Kier molecular flexibility index (Phi) is 3.41. The molecule has 1 aliphatic rings. The van der Waals surface area contributed by atoms with E-state index in [1.54, 1.807) is 0 Å². The van der Waals surface area contributed by atoms with E-state index in [0.29, 0.717) is 11.8 Å². The summed E-state index contributed by atoms with van der Waals surface area (Å²) in [5, 5.41) is 3.25. The maximum absolute atomic E-state index is 3.25. The van der Waals surface area contributed by atoms with E-state index in [2.05, 4.69) is 62.3 Å². The van der Waals surface area contributed by atoms with Gasteiger partial charge in [-0.2, -0.15) is 0 Å². The van der Waals surface area contributed by atoms with Crippen LogP contribution in [0.1, 0.15) is 50.7 Å². The summed E-state index contributed by atoms with van der Waals surface area (Å²) in [6.45, 7) is 9.92. The lowest BCUT2D eigenvalue weighted by molar-refractivity contribution is 0.807. The van der Waals surface area contributed by atoms with Gasteiger partial charge < -0.3 is 10.2 Å². The third-order valence-electron chi connectivity index (χ3n) is 3.26. The Hall–Kier alpha value is -1.44. The fraction of sp³-hybridized carbons (Fsp3) is 0.467. The maximum atomic E-state index is 3.25. The smallest absolute Gasteiger partial charge is 0.0916 e. The summed E-state index contributed by atoms with van der Waals surface area (Å²) in [4.78, 5) is 2.31. The minimum absolute atomic E-state index is 0.553. The molecule has 1 heterocycles. The normalized spacial score (nSPS) is 14.8. The first-order valence-electron chi connectivity index (χ1n) is 6.40. The molecule has 0 atom stereocenters. The van der Waals surface area contributed by atoms with Crippen molar-refractivity contribution in [2.45, 2.75) is 39.5 Å². The lowest BCUT2D eigenvalue weighted by Crippen LogP contribution is -2.22. The minimum Gasteiger partial charge on any atom is -0.372 e. The molecule has 0 aliphatic carbocycles. The summed E-state index contributed by atoms with van der Waals surface area (Å²) in [6.07, 6.45) is 4.15. The van der Waals surface area contributed by atoms with E-state index in [1.165, 1.54) is 16.8 Å². The fourth-order valence-electron chi connectivity index (χ4n) is 2.34. The van der Waals surface area contributed by atoms with E-state index in [9.17, 15) is 0 Å². The van der Waals surface area contributed by atoms with Crippen LogP contribution in [0.4, 0.5) is 5.69 Å². The first-order valence-corrected chi connectivity index (χ1v) is 6.40. The molecule has 0 fully saturated rings. The number of benzene rings is 1. The highest BCUT2D eigenvalue weighted by atomic mass is 15.2. The molecule has 0 bridgehead atoms. The summed E-state index contributed by atoms with van der Waals surface area (Å²) >= 11 is 0. The number of hydrogen-bond acceptors (Lipinski definition) is 2. The molecular weight excluding hydrogens is 208 g/mol. The van der Waals surface area contributed by atoms with Crippen LogP contribution < -0.4 is 10.2 Å². The topological polar surface area (TPSA) is 15.3 Å². The number of nitrogens with one attached hydrogen (secondary N) is 1. The van der Waals surface area contributed by atoms with E-state index in [0.717, 1.165) is 6.67 Å². The summed E-state index contributed by atoms with van der Waals surface area (Å²) in [5.74, 6) is 1.11. The van der Waals surface area contributed by atoms with Crippen LogP contribution in [0, 0.1) is 0 Å². The highest BCUT2D eigenvalue weighted by Gasteiger charge is 2.18. The number of rotatable bonds is 3. The second-order valence-corrected chi connectivity index (χ2v) is 5.24. The molecule has 92 valence electrons. The Bertz CT molecular complexity index is 393. The first kappa shape index (κ1) is 12.0. The average molecular weight is 230 g/mol. The van der Waals surface area contributed by atoms with Crippen molar-refractivity contribution < 1.29 is 0 Å². The predicted molar refractivity (Wildman–Crippen MR) is 74.2 cm³/mol. The van der Waals surface area contributed by atoms with Crippen molar-refractivity contribution in [3.8, 4) is 0 Å². The van der Waals surface area contributed by atoms with Gasteiger partial charge in [-0.05, 0) is 23.0 Å². The van der Waals surface area contributed by atoms with E-state index < -0.39 is 0 Å². The van der Waals surface area contributed by atoms with Gasteiger partial charge in [-0.15, -0.1) is 0 Å². The molecule has 2 heteroatoms. The molecule has 1 aliphatic heterocycles. The van der Waals surface area contributed by atoms with Gasteiger partial charge in [0.25, 0.3) is 0 Å². The highest BCUT2D eigenvalue weighted by Crippen LogP contribution is 2.35. The number of anilines is 1. The third kappa shape index (κ3) is 2.31. The maximum Gasteiger partial charge on any atom is 0.0916 e. The molecule has 17 heavy (non-hydrogen) atoms. The van der Waals surface area contributed by atoms with Crippen molar-refractivity contribution in [3.05, 3.63) is 41.7 Å². The molecular formula is C15H22N2. The average Bonchev–Trinajstić information content (AvgIpc) is 2.80. The molecule has 1 N–H and O–H groups in total. The predicted octanol–water partition coefficient (Wildman–Crippen LogP) is 3.77. The van der Waals surface area contributed by atoms with Crippen LogP contribution in [0.15, 0.2) is 30.6 Å². The summed E-state index contributed by atoms with van der Waals surface area (Å²) in [5.41, 5.74) is 4.26. The zero-order chi connectivity index (χ0) is 12.4. The lowest BCUT2D eigenvalue weighted by atomic mass is 9.92. The van der Waals surface area contributed by atoms with Gasteiger partial charge in [-0.1, -0.05) is 45.9 Å². The molecule has 2 rings (SSSR count). The van der Waals surface area contributed by atoms with E-state index in [4.69, 9.17) is 0 Å². The molecule has 0 unspecified atom stereocenters. The number of para-hydroxylation sites is 1. The van der Waals surface area contributed by atoms with Crippen LogP contribution in [0.2, 0.25) is 0 Å². The van der Waals surface area contributed by atoms with Crippen molar-refractivity contribution in [1.82, 2.24) is 5.32 Å². The SMILES string of the molecule is CC(C)c1cccc(C(C)C)c1N1C=CNC1. The van der Waals surface area contributed by atoms with E-state index in [-0.39, 0.29) is 0 Å². The van der Waals surface area contributed by atoms with Crippen molar-refractivity contribution >= 4 is 5.69 Å². The third-order valence-corrected chi connectivity index (χ3v) is 3.26. The number of nitrogens with zero attached hydrogens (tertiary/aromatic N) is 1. The largest absolute Gasteiger partial charge is 0.372 e. The Morgan fingerprint density at radius 1 is 1.06 bits per heavy atom. The van der Waals surface area contributed by atoms with Gasteiger partial charge >= 0.3 is 0 Å². The van der Waals surface area contributed by atoms with Gasteiger partial charge in [0.2, 0.25) is 0 Å². The molecule has 0 aromatic heterocycles. The zero-order valence-corrected chi connectivity index (χ0v) is 11.2. The van der Waals surface area contributed by atoms with Crippen molar-refractivity contribution in [2.24, 2.45) is 0 Å². The Morgan fingerprint density at radius 3 is 2.06 bits per heavy atom. The molecule has 1 aromatic carbocycles. The molecule has 1 aromatic rings. The highest BCUT2D eigenvalue weighted by molar-refractivity contribution is 5.64. The second kappa shape index (κ2) is 4.82. The summed E-state index contributed by atoms with van der Waals surface area (Å²) in [7, 11) is 0. The zero-order valence-electron chi connectivity index (χ0n) is 11.2. The molecule has 0 spiro atoms. The Morgan fingerprint density at radius 2 is 1.65 bits per heavy atom. The van der Waals surface area contributed by atoms with Crippen LogP contribution in [0.25, 0.3) is 0 Å². The molecule has 0 saturated heterocycles. The van der Waals surface area contributed by atoms with Crippen molar-refractivity contribution in [1.29, 1.82) is 0 Å². The van der Waals surface area contributed by atoms with E-state index in [1.807, 2.05) is 6.20 Å². The minimum atomic E-state index is 0.553. The second-order valence-electron chi connectivity index (χ2n) is 5.24. The van der Waals surface area contributed by atoms with Gasteiger partial charge in [-0.25, -0.2) is 0 Å². The van der Waals surface area contributed by atoms with Crippen LogP contribution in [0.5, 0.6) is 0 Å². The van der Waals surface area contributed by atoms with Gasteiger partial charge in [0, 0.05) is 18.1 Å².